The summed E-state index contributed by atoms with van der Waals surface area (Å²) in [6, 6.07) is 6.28. The number of rotatable bonds is 6. The Labute approximate surface area is 150 Å². The Hall–Kier alpha value is -2.09. The summed E-state index contributed by atoms with van der Waals surface area (Å²) >= 11 is 1.22. The van der Waals surface area contributed by atoms with Gasteiger partial charge in [0.2, 0.25) is 0 Å². The highest BCUT2D eigenvalue weighted by Gasteiger charge is 2.29. The Bertz CT molecular complexity index is 624. The van der Waals surface area contributed by atoms with E-state index in [0.29, 0.717) is 0 Å². The molecule has 1 aliphatic rings. The molecule has 1 fully saturated rings. The zero-order valence-electron chi connectivity index (χ0n) is 14.3. The number of amides is 1. The Morgan fingerprint density at radius 2 is 1.84 bits per heavy atom. The molecule has 2 atom stereocenters. The number of ether oxygens (including phenoxy) is 1. The van der Waals surface area contributed by atoms with E-state index in [0.717, 1.165) is 24.2 Å². The Kier molecular flexibility index (Phi) is 6.81. The molecule has 0 radical (unpaired) electrons. The fourth-order valence-corrected chi connectivity index (χ4v) is 3.67. The van der Waals surface area contributed by atoms with E-state index in [9.17, 15) is 19.7 Å². The van der Waals surface area contributed by atoms with Crippen LogP contribution in [0, 0.1) is 10.1 Å². The minimum Gasteiger partial charge on any atom is -0.455 e. The van der Waals surface area contributed by atoms with E-state index in [-0.39, 0.29) is 36.0 Å². The summed E-state index contributed by atoms with van der Waals surface area (Å²) in [4.78, 5) is 36.7. The fraction of sp³-hybridized carbons (Fsp3) is 0.529. The van der Waals surface area contributed by atoms with Gasteiger partial charge in [-0.05, 0) is 45.2 Å². The first-order valence-corrected chi connectivity index (χ1v) is 9.21. The normalized spacial score (nSPS) is 20.2. The highest BCUT2D eigenvalue weighted by atomic mass is 32.2. The van der Waals surface area contributed by atoms with Crippen molar-refractivity contribution in [3.63, 3.8) is 0 Å². The molecule has 25 heavy (non-hydrogen) atoms. The average Bonchev–Trinajstić information content (AvgIpc) is 2.58. The van der Waals surface area contributed by atoms with Crippen LogP contribution in [0.2, 0.25) is 0 Å². The van der Waals surface area contributed by atoms with E-state index >= 15 is 0 Å². The Balaban J connectivity index is 1.76. The van der Waals surface area contributed by atoms with Crippen molar-refractivity contribution < 1.29 is 19.2 Å². The second-order valence-corrected chi connectivity index (χ2v) is 7.18. The average molecular weight is 366 g/mol. The fourth-order valence-electron chi connectivity index (χ4n) is 2.98. The molecule has 1 heterocycles. The summed E-state index contributed by atoms with van der Waals surface area (Å²) in [5.41, 5.74) is 0.00212. The zero-order chi connectivity index (χ0) is 18.4. The predicted octanol–water partition coefficient (Wildman–Crippen LogP) is 3.02. The quantitative estimate of drug-likeness (QED) is 0.333. The molecule has 1 aliphatic heterocycles. The van der Waals surface area contributed by atoms with Gasteiger partial charge in [0.25, 0.3) is 11.6 Å². The molecule has 1 saturated heterocycles. The number of nitro benzene ring substituents is 1. The van der Waals surface area contributed by atoms with E-state index < -0.39 is 10.9 Å². The van der Waals surface area contributed by atoms with Gasteiger partial charge in [-0.3, -0.25) is 19.7 Å². The monoisotopic (exact) mass is 366 g/mol. The van der Waals surface area contributed by atoms with E-state index in [1.54, 1.807) is 17.0 Å². The van der Waals surface area contributed by atoms with Crippen molar-refractivity contribution in [3.8, 4) is 0 Å². The SMILES string of the molecule is C[C@@H]1CCC[C@@H](C)N1C(=O)COC(=O)CSc1ccc([N+](=O)[O-])cc1. The Morgan fingerprint density at radius 1 is 1.24 bits per heavy atom. The maximum absolute atomic E-state index is 12.3. The van der Waals surface area contributed by atoms with Crippen LogP contribution < -0.4 is 0 Å². The number of carbonyl (C=O) groups is 2. The molecule has 0 bridgehead atoms. The lowest BCUT2D eigenvalue weighted by molar-refractivity contribution is -0.384. The first kappa shape index (κ1) is 19.2. The number of non-ortho nitro benzene ring substituents is 1. The van der Waals surface area contributed by atoms with Gasteiger partial charge in [-0.1, -0.05) is 0 Å². The third-order valence-electron chi connectivity index (χ3n) is 4.24. The number of benzene rings is 1. The van der Waals surface area contributed by atoms with Crippen LogP contribution in [0.15, 0.2) is 29.2 Å². The number of nitrogens with zero attached hydrogens (tertiary/aromatic N) is 2. The number of nitro groups is 1. The van der Waals surface area contributed by atoms with Gasteiger partial charge in [-0.25, -0.2) is 0 Å². The van der Waals surface area contributed by atoms with E-state index in [1.165, 1.54) is 23.9 Å². The van der Waals surface area contributed by atoms with Crippen molar-refractivity contribution in [1.82, 2.24) is 4.90 Å². The predicted molar refractivity (Wildman–Crippen MR) is 94.4 cm³/mol. The first-order chi connectivity index (χ1) is 11.9. The van der Waals surface area contributed by atoms with Crippen molar-refractivity contribution in [2.24, 2.45) is 0 Å². The first-order valence-electron chi connectivity index (χ1n) is 8.22. The van der Waals surface area contributed by atoms with Crippen molar-refractivity contribution in [2.75, 3.05) is 12.4 Å². The van der Waals surface area contributed by atoms with Crippen LogP contribution in [0.5, 0.6) is 0 Å². The van der Waals surface area contributed by atoms with Crippen LogP contribution in [0.4, 0.5) is 5.69 Å². The topological polar surface area (TPSA) is 89.8 Å². The van der Waals surface area contributed by atoms with Gasteiger partial charge in [0.1, 0.15) is 0 Å². The standard InChI is InChI=1S/C17H22N2O5S/c1-12-4-3-5-13(2)18(12)16(20)10-24-17(21)11-25-15-8-6-14(7-9-15)19(22)23/h6-9,12-13H,3-5,10-11H2,1-2H3/t12-,13-/m1/s1. The third kappa shape index (κ3) is 5.45. The zero-order valence-corrected chi connectivity index (χ0v) is 15.2. The van der Waals surface area contributed by atoms with Gasteiger partial charge in [0.05, 0.1) is 10.7 Å². The smallest absolute Gasteiger partial charge is 0.316 e. The molecule has 1 amide bonds. The molecule has 0 N–H and O–H groups in total. The summed E-state index contributed by atoms with van der Waals surface area (Å²) in [6.45, 7) is 3.79. The molecule has 1 aromatic carbocycles. The van der Waals surface area contributed by atoms with Crippen molar-refractivity contribution >= 4 is 29.3 Å². The summed E-state index contributed by atoms with van der Waals surface area (Å²) < 4.78 is 5.08. The van der Waals surface area contributed by atoms with Gasteiger partial charge in [-0.2, -0.15) is 0 Å². The van der Waals surface area contributed by atoms with Crippen LogP contribution in [-0.4, -0.2) is 46.1 Å². The summed E-state index contributed by atoms with van der Waals surface area (Å²) in [5, 5.41) is 10.6. The summed E-state index contributed by atoms with van der Waals surface area (Å²) in [6.07, 6.45) is 3.05. The van der Waals surface area contributed by atoms with Crippen molar-refractivity contribution in [1.29, 1.82) is 0 Å². The largest absolute Gasteiger partial charge is 0.455 e. The number of hydrogen-bond acceptors (Lipinski definition) is 6. The minimum atomic E-state index is -0.478. The number of likely N-dealkylation sites (tertiary alicyclic amines) is 1. The number of esters is 1. The third-order valence-corrected chi connectivity index (χ3v) is 5.23. The number of piperidine rings is 1. The summed E-state index contributed by atoms with van der Waals surface area (Å²) in [7, 11) is 0. The molecule has 136 valence electrons. The highest BCUT2D eigenvalue weighted by Crippen LogP contribution is 2.23. The lowest BCUT2D eigenvalue weighted by Crippen LogP contribution is -2.49. The van der Waals surface area contributed by atoms with Crippen molar-refractivity contribution in [3.05, 3.63) is 34.4 Å². The number of thioether (sulfide) groups is 1. The maximum Gasteiger partial charge on any atom is 0.316 e. The Morgan fingerprint density at radius 3 is 2.40 bits per heavy atom. The van der Waals surface area contributed by atoms with E-state index in [4.69, 9.17) is 4.74 Å². The molecular weight excluding hydrogens is 344 g/mol. The van der Waals surface area contributed by atoms with Gasteiger partial charge in [0, 0.05) is 29.1 Å². The highest BCUT2D eigenvalue weighted by molar-refractivity contribution is 8.00. The van der Waals surface area contributed by atoms with Gasteiger partial charge < -0.3 is 9.64 Å². The van der Waals surface area contributed by atoms with Crippen LogP contribution in [-0.2, 0) is 14.3 Å². The minimum absolute atomic E-state index is 0.00212. The molecular formula is C17H22N2O5S. The van der Waals surface area contributed by atoms with E-state index in [1.807, 2.05) is 13.8 Å². The number of carbonyl (C=O) groups excluding carboxylic acids is 2. The lowest BCUT2D eigenvalue weighted by atomic mass is 9.97. The molecule has 2 rings (SSSR count). The van der Waals surface area contributed by atoms with Crippen LogP contribution in [0.1, 0.15) is 33.1 Å². The van der Waals surface area contributed by atoms with E-state index in [2.05, 4.69) is 0 Å². The molecule has 0 spiro atoms. The molecule has 0 unspecified atom stereocenters. The maximum atomic E-state index is 12.3. The van der Waals surface area contributed by atoms with Crippen molar-refractivity contribution in [2.45, 2.75) is 50.1 Å². The second-order valence-electron chi connectivity index (χ2n) is 6.13. The molecule has 0 aliphatic carbocycles. The van der Waals surface area contributed by atoms with Gasteiger partial charge in [0.15, 0.2) is 6.61 Å². The molecule has 0 aromatic heterocycles. The van der Waals surface area contributed by atoms with Gasteiger partial charge in [-0.15, -0.1) is 11.8 Å². The summed E-state index contributed by atoms with van der Waals surface area (Å²) in [5.74, 6) is -0.585. The lowest BCUT2D eigenvalue weighted by Gasteiger charge is -2.38. The van der Waals surface area contributed by atoms with Gasteiger partial charge >= 0.3 is 5.97 Å². The van der Waals surface area contributed by atoms with Crippen LogP contribution in [0.25, 0.3) is 0 Å². The molecule has 0 saturated carbocycles. The van der Waals surface area contributed by atoms with Crippen LogP contribution in [0.3, 0.4) is 0 Å². The van der Waals surface area contributed by atoms with Crippen LogP contribution >= 0.6 is 11.8 Å². The number of hydrogen-bond donors (Lipinski definition) is 0. The molecule has 7 nitrogen and oxygen atoms in total. The molecule has 1 aromatic rings. The second kappa shape index (κ2) is 8.84. The molecule has 8 heteroatoms.